The van der Waals surface area contributed by atoms with Crippen LogP contribution in [0.1, 0.15) is 34.6 Å². The van der Waals surface area contributed by atoms with E-state index < -0.39 is 20.0 Å². The van der Waals surface area contributed by atoms with Crippen LogP contribution in [-0.2, 0) is 14.3 Å². The highest BCUT2D eigenvalue weighted by Crippen LogP contribution is 2.37. The lowest BCUT2D eigenvalue weighted by Gasteiger charge is -2.36. The van der Waals surface area contributed by atoms with E-state index in [0.29, 0.717) is 6.29 Å². The maximum absolute atomic E-state index is 10.8. The Hall–Kier alpha value is -0.233. The molecule has 0 saturated carbocycles. The van der Waals surface area contributed by atoms with E-state index in [1.807, 2.05) is 13.1 Å². The number of hydrogen-bond acceptors (Lipinski definition) is 4. The summed E-state index contributed by atoms with van der Waals surface area (Å²) in [5.41, 5.74) is -1.23. The molecule has 0 aromatic carbocycles. The van der Waals surface area contributed by atoms with Crippen molar-refractivity contribution in [2.75, 3.05) is 0 Å². The maximum atomic E-state index is 10.8. The zero-order valence-corrected chi connectivity index (χ0v) is 12.3. The second-order valence-electron chi connectivity index (χ2n) is 6.15. The fourth-order valence-electron chi connectivity index (χ4n) is 0.604. The number of hydrogen-bond donors (Lipinski definition) is 1. The lowest BCUT2D eigenvalue weighted by atomic mass is 10.0. The second-order valence-corrected chi connectivity index (χ2v) is 10.8. The van der Waals surface area contributed by atoms with E-state index >= 15 is 0 Å². The van der Waals surface area contributed by atoms with Gasteiger partial charge in [-0.1, -0.05) is 20.8 Å². The summed E-state index contributed by atoms with van der Waals surface area (Å²) in [5.74, 6) is 0. The van der Waals surface area contributed by atoms with E-state index in [4.69, 9.17) is 9.46 Å². The van der Waals surface area contributed by atoms with Crippen molar-refractivity contribution in [1.29, 1.82) is 0 Å². The summed E-state index contributed by atoms with van der Waals surface area (Å²) in [6, 6.07) is 0. The van der Waals surface area contributed by atoms with Crippen molar-refractivity contribution in [1.82, 2.24) is 0 Å². The topological polar surface area (TPSA) is 55.8 Å². The Morgan fingerprint density at radius 1 is 1.19 bits per heavy atom. The number of aldehydes is 1. The Kier molecular flexibility index (Phi) is 4.88. The van der Waals surface area contributed by atoms with Gasteiger partial charge >= 0.3 is 0 Å². The van der Waals surface area contributed by atoms with Gasteiger partial charge in [-0.3, -0.25) is 4.58 Å². The van der Waals surface area contributed by atoms with Gasteiger partial charge in [0.1, 0.15) is 0 Å². The smallest absolute Gasteiger partial charge is 0.238 e. The van der Waals surface area contributed by atoms with E-state index in [-0.39, 0.29) is 5.04 Å². The van der Waals surface area contributed by atoms with Crippen molar-refractivity contribution in [2.24, 2.45) is 0 Å². The molecule has 1 unspecified atom stereocenters. The minimum Gasteiger partial charge on any atom is -0.387 e. The second kappa shape index (κ2) is 4.95. The third-order valence-electron chi connectivity index (χ3n) is 2.99. The predicted molar refractivity (Wildman–Crippen MR) is 65.5 cm³/mol. The molecule has 16 heavy (non-hydrogen) atoms. The van der Waals surface area contributed by atoms with Crippen molar-refractivity contribution in [2.45, 2.75) is 64.5 Å². The van der Waals surface area contributed by atoms with Gasteiger partial charge in [0.15, 0.2) is 12.4 Å². The minimum atomic E-state index is -2.05. The Balaban J connectivity index is 4.50. The Bertz CT molecular complexity index is 237. The van der Waals surface area contributed by atoms with Crippen LogP contribution in [0.4, 0.5) is 0 Å². The van der Waals surface area contributed by atoms with Crippen LogP contribution in [0, 0.1) is 0 Å². The van der Waals surface area contributed by atoms with Crippen LogP contribution in [0.2, 0.25) is 18.1 Å². The van der Waals surface area contributed by atoms with Crippen molar-refractivity contribution >= 4 is 14.6 Å². The van der Waals surface area contributed by atoms with E-state index in [2.05, 4.69) is 20.8 Å². The largest absolute Gasteiger partial charge is 0.387 e. The van der Waals surface area contributed by atoms with E-state index in [1.165, 1.54) is 13.8 Å². The zero-order chi connectivity index (χ0) is 13.2. The normalized spacial score (nSPS) is 16.0. The first-order valence-electron chi connectivity index (χ1n) is 5.44. The van der Waals surface area contributed by atoms with Gasteiger partial charge in [0.25, 0.3) is 0 Å². The van der Waals surface area contributed by atoms with Crippen molar-refractivity contribution < 1.29 is 19.4 Å². The van der Waals surface area contributed by atoms with Crippen LogP contribution in [-0.4, -0.2) is 31.4 Å². The SMILES string of the molecule is CC(C)(O)C(C=O)OO[Si](C)(C)C(C)(C)C. The van der Waals surface area contributed by atoms with Crippen LogP contribution in [0.15, 0.2) is 0 Å². The molecule has 0 aromatic heterocycles. The molecule has 0 aliphatic rings. The summed E-state index contributed by atoms with van der Waals surface area (Å²) >= 11 is 0. The Labute approximate surface area is 99.0 Å². The highest BCUT2D eigenvalue weighted by Gasteiger charge is 2.41. The van der Waals surface area contributed by atoms with Crippen LogP contribution in [0.25, 0.3) is 0 Å². The van der Waals surface area contributed by atoms with E-state index in [1.54, 1.807) is 0 Å². The number of carbonyl (C=O) groups is 1. The lowest BCUT2D eigenvalue weighted by Crippen LogP contribution is -2.46. The van der Waals surface area contributed by atoms with E-state index in [0.717, 1.165) is 0 Å². The van der Waals surface area contributed by atoms with Gasteiger partial charge in [0.2, 0.25) is 8.32 Å². The molecule has 0 amide bonds. The highest BCUT2D eigenvalue weighted by molar-refractivity contribution is 6.73. The molecule has 1 N–H and O–H groups in total. The lowest BCUT2D eigenvalue weighted by molar-refractivity contribution is -0.278. The van der Waals surface area contributed by atoms with Crippen LogP contribution in [0.5, 0.6) is 0 Å². The van der Waals surface area contributed by atoms with Crippen LogP contribution >= 0.6 is 0 Å². The van der Waals surface area contributed by atoms with Gasteiger partial charge in [-0.25, -0.2) is 4.89 Å². The van der Waals surface area contributed by atoms with Crippen molar-refractivity contribution in [3.8, 4) is 0 Å². The molecular weight excluding hydrogens is 224 g/mol. The number of carbonyl (C=O) groups excluding carboxylic acids is 1. The van der Waals surface area contributed by atoms with Crippen LogP contribution < -0.4 is 0 Å². The molecule has 0 rings (SSSR count). The van der Waals surface area contributed by atoms with Gasteiger partial charge in [-0.15, -0.1) is 0 Å². The summed E-state index contributed by atoms with van der Waals surface area (Å²) in [4.78, 5) is 15.9. The molecule has 96 valence electrons. The number of aliphatic hydroxyl groups is 1. The first-order valence-corrected chi connectivity index (χ1v) is 8.35. The van der Waals surface area contributed by atoms with Crippen LogP contribution in [0.3, 0.4) is 0 Å². The molecule has 0 saturated heterocycles. The average Bonchev–Trinajstić information content (AvgIpc) is 2.00. The Morgan fingerprint density at radius 3 is 1.88 bits per heavy atom. The third kappa shape index (κ3) is 4.33. The van der Waals surface area contributed by atoms with Gasteiger partial charge in [-0.05, 0) is 32.0 Å². The minimum absolute atomic E-state index is 0.0000326. The maximum Gasteiger partial charge on any atom is 0.238 e. The molecule has 0 radical (unpaired) electrons. The fraction of sp³-hybridized carbons (Fsp3) is 0.909. The average molecular weight is 248 g/mol. The standard InChI is InChI=1S/C11H24O4Si/c1-10(2,3)16(6,7)15-14-9(8-12)11(4,5)13/h8-9,13H,1-7H3. The van der Waals surface area contributed by atoms with Crippen molar-refractivity contribution in [3.63, 3.8) is 0 Å². The molecule has 0 aromatic rings. The molecule has 0 aliphatic heterocycles. The summed E-state index contributed by atoms with van der Waals surface area (Å²) < 4.78 is 5.42. The quantitative estimate of drug-likeness (QED) is 0.351. The summed E-state index contributed by atoms with van der Waals surface area (Å²) in [7, 11) is -2.05. The number of rotatable bonds is 5. The third-order valence-corrected chi connectivity index (χ3v) is 7.11. The molecule has 0 spiro atoms. The molecule has 1 atom stereocenters. The van der Waals surface area contributed by atoms with E-state index in [9.17, 15) is 9.90 Å². The van der Waals surface area contributed by atoms with Gasteiger partial charge in [0, 0.05) is 0 Å². The Morgan fingerprint density at radius 2 is 1.62 bits per heavy atom. The first-order chi connectivity index (χ1) is 6.92. The molecular formula is C11H24O4Si. The first kappa shape index (κ1) is 15.8. The molecule has 4 nitrogen and oxygen atoms in total. The predicted octanol–water partition coefficient (Wildman–Crippen LogP) is 2.28. The summed E-state index contributed by atoms with van der Waals surface area (Å²) in [6.45, 7) is 13.3. The molecule has 0 aliphatic carbocycles. The fourth-order valence-corrected chi connectivity index (χ4v) is 1.20. The van der Waals surface area contributed by atoms with Gasteiger partial charge in [-0.2, -0.15) is 0 Å². The zero-order valence-electron chi connectivity index (χ0n) is 11.3. The molecule has 0 fully saturated rings. The van der Waals surface area contributed by atoms with Gasteiger partial charge in [0.05, 0.1) is 5.60 Å². The molecule has 5 heteroatoms. The van der Waals surface area contributed by atoms with Gasteiger partial charge < -0.3 is 9.90 Å². The summed E-state index contributed by atoms with van der Waals surface area (Å²) in [6.07, 6.45) is -0.394. The summed E-state index contributed by atoms with van der Waals surface area (Å²) in [5, 5.41) is 9.66. The highest BCUT2D eigenvalue weighted by atomic mass is 28.4. The molecule has 0 heterocycles. The monoisotopic (exact) mass is 248 g/mol. The molecule has 0 bridgehead atoms. The van der Waals surface area contributed by atoms with Crippen molar-refractivity contribution in [3.05, 3.63) is 0 Å².